The van der Waals surface area contributed by atoms with Crippen LogP contribution in [-0.4, -0.2) is 35.5 Å². The SMILES string of the molecule is CN=C(NCc1nc(C(F)(F)F)cs1)NC1CCCSC1.I. The Morgan fingerprint density at radius 3 is 2.82 bits per heavy atom. The maximum absolute atomic E-state index is 12.5. The van der Waals surface area contributed by atoms with Gasteiger partial charge in [0.25, 0.3) is 0 Å². The van der Waals surface area contributed by atoms with Crippen LogP contribution >= 0.6 is 47.1 Å². The second kappa shape index (κ2) is 9.16. The highest BCUT2D eigenvalue weighted by Gasteiger charge is 2.33. The third-order valence-corrected chi connectivity index (χ3v) is 5.04. The molecule has 1 atom stereocenters. The van der Waals surface area contributed by atoms with Gasteiger partial charge in [-0.3, -0.25) is 4.99 Å². The zero-order chi connectivity index (χ0) is 15.3. The number of hydrogen-bond acceptors (Lipinski definition) is 4. The van der Waals surface area contributed by atoms with Crippen LogP contribution in [0, 0.1) is 0 Å². The van der Waals surface area contributed by atoms with E-state index in [1.54, 1.807) is 7.05 Å². The molecule has 0 saturated carbocycles. The van der Waals surface area contributed by atoms with Gasteiger partial charge >= 0.3 is 6.18 Å². The normalized spacial score (nSPS) is 19.5. The Morgan fingerprint density at radius 1 is 1.50 bits per heavy atom. The van der Waals surface area contributed by atoms with Gasteiger partial charge in [0.2, 0.25) is 0 Å². The molecular formula is C12H18F3IN4S2. The minimum absolute atomic E-state index is 0. The number of nitrogens with zero attached hydrogens (tertiary/aromatic N) is 2. The van der Waals surface area contributed by atoms with E-state index in [0.29, 0.717) is 17.0 Å². The molecule has 2 N–H and O–H groups in total. The van der Waals surface area contributed by atoms with E-state index in [-0.39, 0.29) is 30.5 Å². The van der Waals surface area contributed by atoms with E-state index >= 15 is 0 Å². The van der Waals surface area contributed by atoms with E-state index in [1.807, 2.05) is 11.8 Å². The molecule has 126 valence electrons. The Labute approximate surface area is 152 Å². The van der Waals surface area contributed by atoms with E-state index in [4.69, 9.17) is 0 Å². The van der Waals surface area contributed by atoms with Gasteiger partial charge in [-0.2, -0.15) is 24.9 Å². The molecule has 1 aliphatic heterocycles. The van der Waals surface area contributed by atoms with Crippen molar-refractivity contribution in [3.63, 3.8) is 0 Å². The zero-order valence-electron chi connectivity index (χ0n) is 11.9. The number of guanidine groups is 1. The lowest BCUT2D eigenvalue weighted by atomic mass is 10.2. The molecule has 0 amide bonds. The van der Waals surface area contributed by atoms with E-state index < -0.39 is 11.9 Å². The Hall–Kier alpha value is -0.230. The lowest BCUT2D eigenvalue weighted by molar-refractivity contribution is -0.140. The molecule has 22 heavy (non-hydrogen) atoms. The Balaban J connectivity index is 0.00000242. The van der Waals surface area contributed by atoms with Crippen molar-refractivity contribution in [3.05, 3.63) is 16.1 Å². The number of thioether (sulfide) groups is 1. The fourth-order valence-electron chi connectivity index (χ4n) is 1.92. The molecule has 0 aromatic carbocycles. The monoisotopic (exact) mass is 466 g/mol. The van der Waals surface area contributed by atoms with Gasteiger partial charge in [-0.1, -0.05) is 0 Å². The number of nitrogens with one attached hydrogen (secondary N) is 2. The quantitative estimate of drug-likeness (QED) is 0.408. The van der Waals surface area contributed by atoms with E-state index in [9.17, 15) is 13.2 Å². The summed E-state index contributed by atoms with van der Waals surface area (Å²) < 4.78 is 37.4. The van der Waals surface area contributed by atoms with Crippen LogP contribution in [0.25, 0.3) is 0 Å². The standard InChI is InChI=1S/C12H17F3N4S2.HI/c1-16-11(18-8-3-2-4-20-6-8)17-5-10-19-9(7-21-10)12(13,14)15;/h7-8H,2-6H2,1H3,(H2,16,17,18);1H. The molecule has 10 heteroatoms. The summed E-state index contributed by atoms with van der Waals surface area (Å²) in [6.07, 6.45) is -2.13. The second-order valence-corrected chi connectivity index (χ2v) is 6.70. The highest BCUT2D eigenvalue weighted by Crippen LogP contribution is 2.29. The van der Waals surface area contributed by atoms with Crippen molar-refractivity contribution in [1.82, 2.24) is 15.6 Å². The summed E-state index contributed by atoms with van der Waals surface area (Å²) >= 11 is 2.89. The maximum Gasteiger partial charge on any atom is 0.434 e. The molecule has 0 bridgehead atoms. The molecular weight excluding hydrogens is 448 g/mol. The van der Waals surface area contributed by atoms with E-state index in [2.05, 4.69) is 20.6 Å². The van der Waals surface area contributed by atoms with Crippen LogP contribution in [0.5, 0.6) is 0 Å². The van der Waals surface area contributed by atoms with Crippen molar-refractivity contribution >= 4 is 53.0 Å². The topological polar surface area (TPSA) is 49.3 Å². The largest absolute Gasteiger partial charge is 0.434 e. The molecule has 0 spiro atoms. The average molecular weight is 466 g/mol. The summed E-state index contributed by atoms with van der Waals surface area (Å²) in [7, 11) is 1.65. The number of rotatable bonds is 3. The van der Waals surface area contributed by atoms with Gasteiger partial charge in [0.05, 0.1) is 6.54 Å². The molecule has 1 aromatic heterocycles. The van der Waals surface area contributed by atoms with Crippen molar-refractivity contribution in [3.8, 4) is 0 Å². The third-order valence-electron chi connectivity index (χ3n) is 2.97. The Bertz CT molecular complexity index is 487. The molecule has 1 unspecified atom stereocenters. The predicted octanol–water partition coefficient (Wildman–Crippen LogP) is 3.34. The van der Waals surface area contributed by atoms with Crippen molar-refractivity contribution in [2.75, 3.05) is 18.6 Å². The van der Waals surface area contributed by atoms with E-state index in [1.165, 1.54) is 12.2 Å². The van der Waals surface area contributed by atoms with Gasteiger partial charge < -0.3 is 10.6 Å². The Kier molecular flexibility index (Phi) is 8.25. The molecule has 1 aliphatic rings. The van der Waals surface area contributed by atoms with Crippen LogP contribution < -0.4 is 10.6 Å². The Morgan fingerprint density at radius 2 is 2.27 bits per heavy atom. The summed E-state index contributed by atoms with van der Waals surface area (Å²) in [4.78, 5) is 7.67. The van der Waals surface area contributed by atoms with Gasteiger partial charge in [-0.25, -0.2) is 4.98 Å². The van der Waals surface area contributed by atoms with Crippen LogP contribution in [-0.2, 0) is 12.7 Å². The smallest absolute Gasteiger partial charge is 0.353 e. The summed E-state index contributed by atoms with van der Waals surface area (Å²) in [6.45, 7) is 0.236. The highest BCUT2D eigenvalue weighted by molar-refractivity contribution is 14.0. The lowest BCUT2D eigenvalue weighted by Crippen LogP contribution is -2.45. The fraction of sp³-hybridized carbons (Fsp3) is 0.667. The van der Waals surface area contributed by atoms with E-state index in [0.717, 1.165) is 28.9 Å². The number of aromatic nitrogens is 1. The highest BCUT2D eigenvalue weighted by atomic mass is 127. The van der Waals surface area contributed by atoms with Crippen molar-refractivity contribution in [2.45, 2.75) is 31.6 Å². The van der Waals surface area contributed by atoms with Crippen molar-refractivity contribution in [2.24, 2.45) is 4.99 Å². The average Bonchev–Trinajstić information content (AvgIpc) is 2.93. The first-order valence-corrected chi connectivity index (χ1v) is 8.59. The minimum Gasteiger partial charge on any atom is -0.353 e. The molecule has 2 rings (SSSR count). The maximum atomic E-state index is 12.5. The number of alkyl halides is 3. The van der Waals surface area contributed by atoms with Crippen LogP contribution in [0.15, 0.2) is 10.4 Å². The lowest BCUT2D eigenvalue weighted by Gasteiger charge is -2.24. The van der Waals surface area contributed by atoms with Gasteiger partial charge in [-0.05, 0) is 18.6 Å². The fourth-order valence-corrected chi connectivity index (χ4v) is 3.74. The first-order chi connectivity index (χ1) is 9.99. The van der Waals surface area contributed by atoms with Crippen LogP contribution in [0.1, 0.15) is 23.5 Å². The summed E-state index contributed by atoms with van der Waals surface area (Å²) in [6, 6.07) is 0.358. The summed E-state index contributed by atoms with van der Waals surface area (Å²) in [5, 5.41) is 7.72. The number of halogens is 4. The molecule has 4 nitrogen and oxygen atoms in total. The first kappa shape index (κ1) is 19.8. The molecule has 1 saturated heterocycles. The first-order valence-electron chi connectivity index (χ1n) is 6.55. The minimum atomic E-state index is -4.38. The number of aliphatic imine (C=N–C) groups is 1. The molecule has 2 heterocycles. The van der Waals surface area contributed by atoms with Crippen LogP contribution in [0.3, 0.4) is 0 Å². The van der Waals surface area contributed by atoms with Gasteiger partial charge in [0.15, 0.2) is 11.7 Å². The third kappa shape index (κ3) is 6.11. The van der Waals surface area contributed by atoms with Crippen LogP contribution in [0.4, 0.5) is 13.2 Å². The molecule has 0 radical (unpaired) electrons. The van der Waals surface area contributed by atoms with Gasteiger partial charge in [0, 0.05) is 24.2 Å². The van der Waals surface area contributed by atoms with Crippen molar-refractivity contribution < 1.29 is 13.2 Å². The number of thiazole rings is 1. The summed E-state index contributed by atoms with van der Waals surface area (Å²) in [5.41, 5.74) is -0.837. The second-order valence-electron chi connectivity index (χ2n) is 4.61. The predicted molar refractivity (Wildman–Crippen MR) is 96.2 cm³/mol. The molecule has 1 aromatic rings. The molecule has 1 fully saturated rings. The van der Waals surface area contributed by atoms with Crippen LogP contribution in [0.2, 0.25) is 0 Å². The zero-order valence-corrected chi connectivity index (χ0v) is 15.9. The van der Waals surface area contributed by atoms with Crippen molar-refractivity contribution in [1.29, 1.82) is 0 Å². The number of hydrogen-bond donors (Lipinski definition) is 2. The van der Waals surface area contributed by atoms with Gasteiger partial charge in [-0.15, -0.1) is 35.3 Å². The summed E-state index contributed by atoms with van der Waals surface area (Å²) in [5.74, 6) is 2.81. The molecule has 0 aliphatic carbocycles. The van der Waals surface area contributed by atoms with Gasteiger partial charge in [0.1, 0.15) is 5.01 Å².